The molecule has 1 aromatic carbocycles. The first-order chi connectivity index (χ1) is 15.2. The largest absolute Gasteiger partial charge is 0.493 e. The van der Waals surface area contributed by atoms with Gasteiger partial charge in [0.2, 0.25) is 0 Å². The maximum Gasteiger partial charge on any atom is 0.251 e. The molecule has 7 nitrogen and oxygen atoms in total. The Morgan fingerprint density at radius 1 is 1.23 bits per heavy atom. The van der Waals surface area contributed by atoms with Gasteiger partial charge in [-0.05, 0) is 57.0 Å². The molecule has 3 heterocycles. The van der Waals surface area contributed by atoms with Gasteiger partial charge >= 0.3 is 0 Å². The predicted octanol–water partition coefficient (Wildman–Crippen LogP) is 4.34. The van der Waals surface area contributed by atoms with Crippen LogP contribution in [-0.2, 0) is 0 Å². The highest BCUT2D eigenvalue weighted by Gasteiger charge is 2.13. The first-order valence-corrected chi connectivity index (χ1v) is 10.5. The van der Waals surface area contributed by atoms with E-state index in [0.29, 0.717) is 24.2 Å². The van der Waals surface area contributed by atoms with Crippen LogP contribution in [0.4, 0.5) is 0 Å². The highest BCUT2D eigenvalue weighted by molar-refractivity contribution is 6.00. The molecule has 0 radical (unpaired) electrons. The van der Waals surface area contributed by atoms with Gasteiger partial charge in [0.25, 0.3) is 5.91 Å². The van der Waals surface area contributed by atoms with Gasteiger partial charge in [-0.2, -0.15) is 10.2 Å². The van der Waals surface area contributed by atoms with Crippen molar-refractivity contribution in [2.24, 2.45) is 10.2 Å². The SMILES string of the molecule is CCOc1cc(-c2cccnc2C)nc2cc(C(=O)NCCCC3=NN=CC3)ccc12. The molecule has 158 valence electrons. The van der Waals surface area contributed by atoms with Gasteiger partial charge < -0.3 is 10.1 Å². The van der Waals surface area contributed by atoms with Crippen LogP contribution in [0, 0.1) is 6.92 Å². The second kappa shape index (κ2) is 9.47. The van der Waals surface area contributed by atoms with Gasteiger partial charge in [-0.3, -0.25) is 9.78 Å². The van der Waals surface area contributed by atoms with Gasteiger partial charge in [0, 0.05) is 59.4 Å². The number of aromatic nitrogens is 2. The van der Waals surface area contributed by atoms with Crippen LogP contribution >= 0.6 is 0 Å². The van der Waals surface area contributed by atoms with E-state index in [-0.39, 0.29) is 5.91 Å². The molecule has 1 aliphatic rings. The number of aryl methyl sites for hydroxylation is 1. The maximum atomic E-state index is 12.7. The number of nitrogens with zero attached hydrogens (tertiary/aromatic N) is 4. The van der Waals surface area contributed by atoms with E-state index in [4.69, 9.17) is 9.72 Å². The van der Waals surface area contributed by atoms with E-state index in [1.165, 1.54) is 0 Å². The van der Waals surface area contributed by atoms with Gasteiger partial charge in [-0.15, -0.1) is 0 Å². The van der Waals surface area contributed by atoms with Crippen LogP contribution in [0.3, 0.4) is 0 Å². The minimum Gasteiger partial charge on any atom is -0.493 e. The maximum absolute atomic E-state index is 12.7. The Labute approximate surface area is 181 Å². The standard InChI is InChI=1S/C24H25N5O2/c1-3-31-23-15-22(19-7-5-11-25-16(19)2)28-21-14-17(8-9-20(21)23)24(30)26-12-4-6-18-10-13-27-29-18/h5,7-9,11,13-15H,3-4,6,10,12H2,1-2H3,(H,26,30). The molecule has 2 aromatic heterocycles. The average Bonchev–Trinajstić information content (AvgIpc) is 3.30. The number of hydrogen-bond donors (Lipinski definition) is 1. The molecular weight excluding hydrogens is 390 g/mol. The molecule has 0 bridgehead atoms. The number of hydrogen-bond acceptors (Lipinski definition) is 6. The molecule has 1 N–H and O–H groups in total. The summed E-state index contributed by atoms with van der Waals surface area (Å²) in [4.78, 5) is 21.8. The topological polar surface area (TPSA) is 88.8 Å². The molecule has 1 amide bonds. The number of carbonyl (C=O) groups excluding carboxylic acids is 1. The average molecular weight is 415 g/mol. The summed E-state index contributed by atoms with van der Waals surface area (Å²) in [6, 6.07) is 11.3. The summed E-state index contributed by atoms with van der Waals surface area (Å²) < 4.78 is 5.87. The van der Waals surface area contributed by atoms with Gasteiger partial charge in [0.15, 0.2) is 0 Å². The van der Waals surface area contributed by atoms with Crippen LogP contribution in [0.25, 0.3) is 22.2 Å². The third-order valence-electron chi connectivity index (χ3n) is 5.15. The molecule has 4 rings (SSSR count). The van der Waals surface area contributed by atoms with Crippen LogP contribution in [-0.4, -0.2) is 41.0 Å². The lowest BCUT2D eigenvalue weighted by Gasteiger charge is -2.12. The molecular formula is C24H25N5O2. The van der Waals surface area contributed by atoms with E-state index in [2.05, 4.69) is 20.5 Å². The Morgan fingerprint density at radius 2 is 2.13 bits per heavy atom. The Kier molecular flexibility index (Phi) is 6.31. The predicted molar refractivity (Wildman–Crippen MR) is 123 cm³/mol. The van der Waals surface area contributed by atoms with Gasteiger partial charge in [-0.1, -0.05) is 0 Å². The number of carbonyl (C=O) groups is 1. The van der Waals surface area contributed by atoms with Crippen LogP contribution in [0.5, 0.6) is 5.75 Å². The molecule has 0 spiro atoms. The number of fused-ring (bicyclic) bond motifs is 1. The quantitative estimate of drug-likeness (QED) is 0.554. The van der Waals surface area contributed by atoms with Gasteiger partial charge in [0.05, 0.1) is 17.8 Å². The molecule has 7 heteroatoms. The smallest absolute Gasteiger partial charge is 0.251 e. The highest BCUT2D eigenvalue weighted by Crippen LogP contribution is 2.31. The van der Waals surface area contributed by atoms with E-state index in [0.717, 1.165) is 53.1 Å². The zero-order chi connectivity index (χ0) is 21.6. The summed E-state index contributed by atoms with van der Waals surface area (Å²) in [5, 5.41) is 11.8. The summed E-state index contributed by atoms with van der Waals surface area (Å²) in [5.74, 6) is 0.631. The van der Waals surface area contributed by atoms with Crippen molar-refractivity contribution < 1.29 is 9.53 Å². The van der Waals surface area contributed by atoms with E-state index >= 15 is 0 Å². The Bertz CT molecular complexity index is 1170. The van der Waals surface area contributed by atoms with Crippen molar-refractivity contribution in [3.63, 3.8) is 0 Å². The van der Waals surface area contributed by atoms with Crippen molar-refractivity contribution in [3.05, 3.63) is 53.9 Å². The second-order valence-electron chi connectivity index (χ2n) is 7.33. The first kappa shape index (κ1) is 20.7. The van der Waals surface area contributed by atoms with Gasteiger partial charge in [-0.25, -0.2) is 4.98 Å². The summed E-state index contributed by atoms with van der Waals surface area (Å²) >= 11 is 0. The fourth-order valence-electron chi connectivity index (χ4n) is 3.56. The Balaban J connectivity index is 1.56. The minimum absolute atomic E-state index is 0.116. The van der Waals surface area contributed by atoms with E-state index in [9.17, 15) is 4.79 Å². The normalized spacial score (nSPS) is 12.8. The monoisotopic (exact) mass is 415 g/mol. The first-order valence-electron chi connectivity index (χ1n) is 10.5. The number of ether oxygens (including phenoxy) is 1. The van der Waals surface area contributed by atoms with E-state index < -0.39 is 0 Å². The lowest BCUT2D eigenvalue weighted by molar-refractivity contribution is 0.0953. The van der Waals surface area contributed by atoms with Crippen molar-refractivity contribution in [2.75, 3.05) is 13.2 Å². The third kappa shape index (κ3) is 4.77. The molecule has 0 fully saturated rings. The second-order valence-corrected chi connectivity index (χ2v) is 7.33. The van der Waals surface area contributed by atoms with E-state index in [1.807, 2.05) is 50.2 Å². The van der Waals surface area contributed by atoms with Crippen molar-refractivity contribution in [1.82, 2.24) is 15.3 Å². The summed E-state index contributed by atoms with van der Waals surface area (Å²) in [6.45, 7) is 5.03. The highest BCUT2D eigenvalue weighted by atomic mass is 16.5. The lowest BCUT2D eigenvalue weighted by atomic mass is 10.1. The summed E-state index contributed by atoms with van der Waals surface area (Å²) in [6.07, 6.45) is 6.04. The van der Waals surface area contributed by atoms with Gasteiger partial charge in [0.1, 0.15) is 5.75 Å². The molecule has 0 saturated carbocycles. The number of benzene rings is 1. The van der Waals surface area contributed by atoms with Crippen molar-refractivity contribution in [2.45, 2.75) is 33.1 Å². The molecule has 1 aliphatic heterocycles. The number of amides is 1. The Hall–Kier alpha value is -3.61. The molecule has 0 unspecified atom stereocenters. The minimum atomic E-state index is -0.116. The zero-order valence-corrected chi connectivity index (χ0v) is 17.8. The van der Waals surface area contributed by atoms with Crippen LogP contribution in [0.1, 0.15) is 42.2 Å². The van der Waals surface area contributed by atoms with Crippen molar-refractivity contribution in [3.8, 4) is 17.0 Å². The van der Waals surface area contributed by atoms with Crippen LogP contribution < -0.4 is 10.1 Å². The third-order valence-corrected chi connectivity index (χ3v) is 5.15. The number of pyridine rings is 2. The Morgan fingerprint density at radius 3 is 2.90 bits per heavy atom. The number of nitrogens with one attached hydrogen (secondary N) is 1. The summed E-state index contributed by atoms with van der Waals surface area (Å²) in [7, 11) is 0. The molecule has 31 heavy (non-hydrogen) atoms. The fraction of sp³-hybridized carbons (Fsp3) is 0.292. The van der Waals surface area contributed by atoms with Crippen molar-refractivity contribution in [1.29, 1.82) is 0 Å². The molecule has 3 aromatic rings. The summed E-state index contributed by atoms with van der Waals surface area (Å²) in [5.41, 5.74) is 4.96. The van der Waals surface area contributed by atoms with E-state index in [1.54, 1.807) is 12.4 Å². The number of rotatable bonds is 8. The molecule has 0 aliphatic carbocycles. The fourth-order valence-corrected chi connectivity index (χ4v) is 3.56. The van der Waals surface area contributed by atoms with Crippen LogP contribution in [0.15, 0.2) is 52.8 Å². The van der Waals surface area contributed by atoms with Crippen LogP contribution in [0.2, 0.25) is 0 Å². The zero-order valence-electron chi connectivity index (χ0n) is 17.8. The lowest BCUT2D eigenvalue weighted by Crippen LogP contribution is -2.24. The van der Waals surface area contributed by atoms with Crippen molar-refractivity contribution >= 4 is 28.7 Å². The molecule has 0 saturated heterocycles. The molecule has 0 atom stereocenters.